The van der Waals surface area contributed by atoms with E-state index in [1.165, 1.54) is 6.07 Å². The lowest BCUT2D eigenvalue weighted by molar-refractivity contribution is 0.626. The molecule has 2 rings (SSSR count). The molecule has 1 aliphatic heterocycles. The van der Waals surface area contributed by atoms with E-state index in [9.17, 15) is 4.39 Å². The molecule has 0 atom stereocenters. The van der Waals surface area contributed by atoms with Crippen molar-refractivity contribution in [3.8, 4) is 0 Å². The van der Waals surface area contributed by atoms with Crippen LogP contribution in [0.15, 0.2) is 23.2 Å². The Balaban J connectivity index is 2.39. The summed E-state index contributed by atoms with van der Waals surface area (Å²) in [4.78, 5) is 4.33. The summed E-state index contributed by atoms with van der Waals surface area (Å²) in [6.45, 7) is 0.891. The van der Waals surface area contributed by atoms with Gasteiger partial charge in [0.25, 0.3) is 0 Å². The lowest BCUT2D eigenvalue weighted by Gasteiger charge is -2.01. The Labute approximate surface area is 90.2 Å². The van der Waals surface area contributed by atoms with Gasteiger partial charge in [-0.05, 0) is 59.2 Å². The van der Waals surface area contributed by atoms with Crippen LogP contribution in [0.3, 0.4) is 0 Å². The molecule has 1 aliphatic rings. The van der Waals surface area contributed by atoms with Crippen molar-refractivity contribution >= 4 is 28.3 Å². The summed E-state index contributed by atoms with van der Waals surface area (Å²) >= 11 is 2.12. The first-order chi connectivity index (χ1) is 6.25. The van der Waals surface area contributed by atoms with Crippen LogP contribution in [0.2, 0.25) is 0 Å². The first-order valence-electron chi connectivity index (χ1n) is 4.25. The van der Waals surface area contributed by atoms with Crippen molar-refractivity contribution in [2.75, 3.05) is 6.54 Å². The van der Waals surface area contributed by atoms with Crippen LogP contribution in [0.1, 0.15) is 18.4 Å². The number of nitrogens with zero attached hydrogens (tertiary/aromatic N) is 1. The standard InChI is InChI=1S/C10H9FIN/c11-8-4-7(5-9(12)6-8)10-2-1-3-13-10/h4-6H,1-3H2. The van der Waals surface area contributed by atoms with Crippen LogP contribution >= 0.6 is 22.6 Å². The fourth-order valence-corrected chi connectivity index (χ4v) is 2.13. The minimum Gasteiger partial charge on any atom is -0.289 e. The van der Waals surface area contributed by atoms with Crippen LogP contribution in [0.25, 0.3) is 0 Å². The van der Waals surface area contributed by atoms with E-state index in [4.69, 9.17) is 0 Å². The normalized spacial score (nSPS) is 16.0. The Morgan fingerprint density at radius 2 is 2.15 bits per heavy atom. The van der Waals surface area contributed by atoms with Crippen molar-refractivity contribution in [3.63, 3.8) is 0 Å². The van der Waals surface area contributed by atoms with Crippen LogP contribution < -0.4 is 0 Å². The quantitative estimate of drug-likeness (QED) is 0.705. The Bertz CT molecular complexity index is 340. The topological polar surface area (TPSA) is 12.4 Å². The van der Waals surface area contributed by atoms with Crippen molar-refractivity contribution in [1.29, 1.82) is 0 Å². The summed E-state index contributed by atoms with van der Waals surface area (Å²) in [6.07, 6.45) is 2.09. The van der Waals surface area contributed by atoms with Gasteiger partial charge in [0, 0.05) is 15.8 Å². The zero-order valence-corrected chi connectivity index (χ0v) is 9.21. The fourth-order valence-electron chi connectivity index (χ4n) is 1.50. The van der Waals surface area contributed by atoms with E-state index in [1.54, 1.807) is 6.07 Å². The number of benzene rings is 1. The number of hydrogen-bond acceptors (Lipinski definition) is 1. The zero-order valence-electron chi connectivity index (χ0n) is 7.06. The number of aliphatic imine (C=N–C) groups is 1. The van der Waals surface area contributed by atoms with Crippen LogP contribution in [-0.2, 0) is 0 Å². The maximum absolute atomic E-state index is 13.0. The Morgan fingerprint density at radius 3 is 2.77 bits per heavy atom. The second-order valence-electron chi connectivity index (χ2n) is 3.09. The van der Waals surface area contributed by atoms with E-state index >= 15 is 0 Å². The molecular weight excluding hydrogens is 280 g/mol. The van der Waals surface area contributed by atoms with E-state index in [2.05, 4.69) is 27.6 Å². The van der Waals surface area contributed by atoms with Gasteiger partial charge in [0.15, 0.2) is 0 Å². The van der Waals surface area contributed by atoms with Crippen LogP contribution in [0.4, 0.5) is 4.39 Å². The van der Waals surface area contributed by atoms with Crippen molar-refractivity contribution in [2.24, 2.45) is 4.99 Å². The summed E-state index contributed by atoms with van der Waals surface area (Å²) < 4.78 is 14.0. The molecule has 1 aromatic rings. The molecule has 0 fully saturated rings. The Kier molecular flexibility index (Phi) is 2.62. The van der Waals surface area contributed by atoms with Gasteiger partial charge in [-0.25, -0.2) is 4.39 Å². The lowest BCUT2D eigenvalue weighted by atomic mass is 10.1. The Hall–Kier alpha value is -0.450. The molecule has 0 saturated heterocycles. The predicted octanol–water partition coefficient (Wildman–Crippen LogP) is 3.01. The molecule has 1 aromatic carbocycles. The third-order valence-corrected chi connectivity index (χ3v) is 2.69. The average molecular weight is 289 g/mol. The molecule has 13 heavy (non-hydrogen) atoms. The number of halogens is 2. The molecular formula is C10H9FIN. The molecule has 0 radical (unpaired) electrons. The molecule has 1 nitrogen and oxygen atoms in total. The number of rotatable bonds is 1. The summed E-state index contributed by atoms with van der Waals surface area (Å²) in [5, 5.41) is 0. The molecule has 0 unspecified atom stereocenters. The van der Waals surface area contributed by atoms with Crippen molar-refractivity contribution in [3.05, 3.63) is 33.1 Å². The van der Waals surface area contributed by atoms with Crippen molar-refractivity contribution < 1.29 is 4.39 Å². The summed E-state index contributed by atoms with van der Waals surface area (Å²) in [5.74, 6) is -0.170. The third kappa shape index (κ3) is 2.07. The molecule has 0 amide bonds. The summed E-state index contributed by atoms with van der Waals surface area (Å²) in [5.41, 5.74) is 2.00. The van der Waals surface area contributed by atoms with E-state index in [1.807, 2.05) is 6.07 Å². The maximum Gasteiger partial charge on any atom is 0.124 e. The van der Waals surface area contributed by atoms with Gasteiger partial charge < -0.3 is 0 Å². The molecule has 0 spiro atoms. The predicted molar refractivity (Wildman–Crippen MR) is 59.8 cm³/mol. The van der Waals surface area contributed by atoms with Crippen molar-refractivity contribution in [1.82, 2.24) is 0 Å². The van der Waals surface area contributed by atoms with Crippen LogP contribution in [0.5, 0.6) is 0 Å². The van der Waals surface area contributed by atoms with E-state index in [-0.39, 0.29) is 5.82 Å². The highest BCUT2D eigenvalue weighted by atomic mass is 127. The maximum atomic E-state index is 13.0. The van der Waals surface area contributed by atoms with Gasteiger partial charge in [-0.3, -0.25) is 4.99 Å². The van der Waals surface area contributed by atoms with Gasteiger partial charge in [0.05, 0.1) is 0 Å². The van der Waals surface area contributed by atoms with Crippen LogP contribution in [-0.4, -0.2) is 12.3 Å². The molecule has 1 heterocycles. The Morgan fingerprint density at radius 1 is 1.31 bits per heavy atom. The zero-order chi connectivity index (χ0) is 9.26. The largest absolute Gasteiger partial charge is 0.289 e. The molecule has 0 saturated carbocycles. The highest BCUT2D eigenvalue weighted by Crippen LogP contribution is 2.17. The molecule has 3 heteroatoms. The van der Waals surface area contributed by atoms with Gasteiger partial charge in [-0.1, -0.05) is 0 Å². The molecule has 0 aliphatic carbocycles. The molecule has 68 valence electrons. The van der Waals surface area contributed by atoms with Gasteiger partial charge in [0.2, 0.25) is 0 Å². The lowest BCUT2D eigenvalue weighted by Crippen LogP contribution is -1.97. The number of hydrogen-bond donors (Lipinski definition) is 0. The van der Waals surface area contributed by atoms with Crippen molar-refractivity contribution in [2.45, 2.75) is 12.8 Å². The van der Waals surface area contributed by atoms with E-state index in [0.29, 0.717) is 0 Å². The minimum absolute atomic E-state index is 0.170. The van der Waals surface area contributed by atoms with Gasteiger partial charge >= 0.3 is 0 Å². The molecule has 0 bridgehead atoms. The second kappa shape index (κ2) is 3.74. The molecule has 0 aromatic heterocycles. The smallest absolute Gasteiger partial charge is 0.124 e. The first-order valence-corrected chi connectivity index (χ1v) is 5.33. The van der Waals surface area contributed by atoms with Gasteiger partial charge in [-0.15, -0.1) is 0 Å². The summed E-state index contributed by atoms with van der Waals surface area (Å²) in [7, 11) is 0. The highest BCUT2D eigenvalue weighted by Gasteiger charge is 2.10. The first kappa shape index (κ1) is 9.12. The van der Waals surface area contributed by atoms with E-state index < -0.39 is 0 Å². The second-order valence-corrected chi connectivity index (χ2v) is 4.34. The third-order valence-electron chi connectivity index (χ3n) is 2.07. The summed E-state index contributed by atoms with van der Waals surface area (Å²) in [6, 6.07) is 5.07. The SMILES string of the molecule is Fc1cc(I)cc(C2=NCCC2)c1. The monoisotopic (exact) mass is 289 g/mol. The van der Waals surface area contributed by atoms with Gasteiger partial charge in [0.1, 0.15) is 5.82 Å². The molecule has 0 N–H and O–H groups in total. The highest BCUT2D eigenvalue weighted by molar-refractivity contribution is 14.1. The average Bonchev–Trinajstić information content (AvgIpc) is 2.53. The van der Waals surface area contributed by atoms with Crippen LogP contribution in [0, 0.1) is 9.39 Å². The van der Waals surface area contributed by atoms with Gasteiger partial charge in [-0.2, -0.15) is 0 Å². The minimum atomic E-state index is -0.170. The van der Waals surface area contributed by atoms with E-state index in [0.717, 1.165) is 34.2 Å². The fraction of sp³-hybridized carbons (Fsp3) is 0.300.